The average Bonchev–Trinajstić information content (AvgIpc) is 2.87. The molecule has 0 radical (unpaired) electrons. The highest BCUT2D eigenvalue weighted by atomic mass is 35.5. The highest BCUT2D eigenvalue weighted by Gasteiger charge is 2.31. The molecule has 2 aromatic carbocycles. The van der Waals surface area contributed by atoms with Gasteiger partial charge in [0.05, 0.1) is 21.0 Å². The number of hydrogen-bond acceptors (Lipinski definition) is 3. The summed E-state index contributed by atoms with van der Waals surface area (Å²) >= 11 is 13.7. The molecule has 6 heteroatoms. The lowest BCUT2D eigenvalue weighted by Crippen LogP contribution is -2.26. The number of nitrogens with zero attached hydrogens (tertiary/aromatic N) is 1. The Morgan fingerprint density at radius 3 is 2.71 bits per heavy atom. The van der Waals surface area contributed by atoms with E-state index < -0.39 is 0 Å². The van der Waals surface area contributed by atoms with Gasteiger partial charge in [0.1, 0.15) is 0 Å². The quantitative estimate of drug-likeness (QED) is 0.809. The summed E-state index contributed by atoms with van der Waals surface area (Å²) in [6.45, 7) is 4.10. The number of hydrogen-bond donors (Lipinski definition) is 1. The molecule has 0 saturated carbocycles. The van der Waals surface area contributed by atoms with Crippen LogP contribution in [0.3, 0.4) is 0 Å². The zero-order chi connectivity index (χ0) is 17.3. The third-order valence-electron chi connectivity index (χ3n) is 3.93. The smallest absolute Gasteiger partial charge is 0.239 e. The Morgan fingerprint density at radius 1 is 1.17 bits per heavy atom. The number of thioether (sulfide) groups is 1. The van der Waals surface area contributed by atoms with Crippen LogP contribution in [0.1, 0.15) is 16.7 Å². The molecule has 0 spiro atoms. The lowest BCUT2D eigenvalue weighted by molar-refractivity contribution is -0.118. The van der Waals surface area contributed by atoms with Crippen molar-refractivity contribution in [3.63, 3.8) is 0 Å². The molecule has 24 heavy (non-hydrogen) atoms. The van der Waals surface area contributed by atoms with Gasteiger partial charge in [0.2, 0.25) is 5.91 Å². The molecule has 1 saturated heterocycles. The van der Waals surface area contributed by atoms with Gasteiger partial charge in [-0.2, -0.15) is 0 Å². The maximum atomic E-state index is 12.2. The van der Waals surface area contributed by atoms with Crippen molar-refractivity contribution < 1.29 is 4.79 Å². The van der Waals surface area contributed by atoms with E-state index in [-0.39, 0.29) is 11.2 Å². The Labute approximate surface area is 155 Å². The molecule has 2 aromatic rings. The summed E-state index contributed by atoms with van der Waals surface area (Å²) in [4.78, 5) is 16.7. The maximum Gasteiger partial charge on any atom is 0.239 e. The van der Waals surface area contributed by atoms with E-state index in [1.165, 1.54) is 22.9 Å². The van der Waals surface area contributed by atoms with Crippen molar-refractivity contribution in [1.29, 1.82) is 0 Å². The van der Waals surface area contributed by atoms with Crippen LogP contribution in [0.5, 0.6) is 0 Å². The third-order valence-corrected chi connectivity index (χ3v) is 5.87. The number of carbonyl (C=O) groups is 1. The number of halogens is 2. The number of benzene rings is 2. The van der Waals surface area contributed by atoms with Crippen LogP contribution < -0.4 is 5.32 Å². The number of amides is 1. The van der Waals surface area contributed by atoms with E-state index in [4.69, 9.17) is 23.2 Å². The van der Waals surface area contributed by atoms with Gasteiger partial charge in [0.25, 0.3) is 0 Å². The number of aryl methyl sites for hydroxylation is 2. The molecular formula is C18H16Cl2N2OS. The van der Waals surface area contributed by atoms with Crippen molar-refractivity contribution >= 4 is 51.7 Å². The summed E-state index contributed by atoms with van der Waals surface area (Å²) in [6, 6.07) is 11.5. The third kappa shape index (κ3) is 3.77. The van der Waals surface area contributed by atoms with Crippen molar-refractivity contribution in [2.45, 2.75) is 25.5 Å². The summed E-state index contributed by atoms with van der Waals surface area (Å²) in [5, 5.41) is 4.21. The first-order valence-corrected chi connectivity index (χ1v) is 9.14. The summed E-state index contributed by atoms with van der Waals surface area (Å²) in [5.74, 6) is -0.0568. The molecule has 0 bridgehead atoms. The van der Waals surface area contributed by atoms with Gasteiger partial charge in [0, 0.05) is 0 Å². The fourth-order valence-electron chi connectivity index (χ4n) is 2.41. The number of aliphatic imine (C=N–C) groups is 1. The second-order valence-electron chi connectivity index (χ2n) is 5.70. The Hall–Kier alpha value is -1.49. The molecular weight excluding hydrogens is 363 g/mol. The number of carbonyl (C=O) groups excluding carboxylic acids is 1. The van der Waals surface area contributed by atoms with Crippen molar-refractivity contribution in [1.82, 2.24) is 5.32 Å². The average molecular weight is 379 g/mol. The Bertz CT molecular complexity index is 836. The largest absolute Gasteiger partial charge is 0.304 e. The molecule has 1 aliphatic rings. The summed E-state index contributed by atoms with van der Waals surface area (Å²) in [6.07, 6.45) is 0.516. The van der Waals surface area contributed by atoms with E-state index in [9.17, 15) is 4.79 Å². The molecule has 3 rings (SSSR count). The fraction of sp³-hybridized carbons (Fsp3) is 0.222. The Morgan fingerprint density at radius 2 is 1.96 bits per heavy atom. The van der Waals surface area contributed by atoms with Crippen molar-refractivity contribution in [3.8, 4) is 0 Å². The van der Waals surface area contributed by atoms with Crippen LogP contribution in [-0.2, 0) is 11.2 Å². The predicted octanol–water partition coefficient (Wildman–Crippen LogP) is 5.07. The molecule has 124 valence electrons. The second-order valence-corrected chi connectivity index (χ2v) is 7.67. The minimum absolute atomic E-state index is 0.0568. The van der Waals surface area contributed by atoms with E-state index in [0.29, 0.717) is 21.6 Å². The summed E-state index contributed by atoms with van der Waals surface area (Å²) in [7, 11) is 0. The number of rotatable bonds is 3. The first-order valence-electron chi connectivity index (χ1n) is 7.50. The van der Waals surface area contributed by atoms with E-state index in [1.807, 2.05) is 37.3 Å². The highest BCUT2D eigenvalue weighted by molar-refractivity contribution is 8.15. The van der Waals surface area contributed by atoms with Gasteiger partial charge in [-0.05, 0) is 55.2 Å². The minimum Gasteiger partial charge on any atom is -0.304 e. The molecule has 1 atom stereocenters. The number of nitrogens with one attached hydrogen (secondary N) is 1. The Kier molecular flexibility index (Phi) is 5.18. The molecule has 0 aromatic heterocycles. The number of amidine groups is 1. The van der Waals surface area contributed by atoms with Crippen molar-refractivity contribution in [3.05, 3.63) is 63.1 Å². The molecule has 1 aliphatic heterocycles. The SMILES string of the molecule is Cc1ccc(N=C2NC(=O)[C@H](Cc3cccc(Cl)c3Cl)S2)cc1C. The standard InChI is InChI=1S/C18H16Cl2N2OS/c1-10-6-7-13(8-11(10)2)21-18-22-17(23)15(24-18)9-12-4-3-5-14(19)16(12)20/h3-8,15H,9H2,1-2H3,(H,21,22,23)/t15-/m0/s1. The molecule has 0 aliphatic carbocycles. The van der Waals surface area contributed by atoms with E-state index in [1.54, 1.807) is 6.07 Å². The van der Waals surface area contributed by atoms with Gasteiger partial charge in [-0.1, -0.05) is 53.2 Å². The lowest BCUT2D eigenvalue weighted by Gasteiger charge is -2.08. The van der Waals surface area contributed by atoms with Crippen LogP contribution in [0.4, 0.5) is 5.69 Å². The normalized spacial score (nSPS) is 18.9. The van der Waals surface area contributed by atoms with Crippen LogP contribution in [0.25, 0.3) is 0 Å². The van der Waals surface area contributed by atoms with Crippen LogP contribution in [0.2, 0.25) is 10.0 Å². The van der Waals surface area contributed by atoms with Gasteiger partial charge < -0.3 is 5.32 Å². The second kappa shape index (κ2) is 7.18. The van der Waals surface area contributed by atoms with Crippen molar-refractivity contribution in [2.75, 3.05) is 0 Å². The van der Waals surface area contributed by atoms with Crippen LogP contribution in [-0.4, -0.2) is 16.3 Å². The molecule has 0 unspecified atom stereocenters. The van der Waals surface area contributed by atoms with Gasteiger partial charge in [-0.3, -0.25) is 4.79 Å². The fourth-order valence-corrected chi connectivity index (χ4v) is 3.82. The van der Waals surface area contributed by atoms with Gasteiger partial charge in [-0.25, -0.2) is 4.99 Å². The molecule has 3 nitrogen and oxygen atoms in total. The van der Waals surface area contributed by atoms with Gasteiger partial charge >= 0.3 is 0 Å². The summed E-state index contributed by atoms with van der Waals surface area (Å²) in [5.41, 5.74) is 4.09. The van der Waals surface area contributed by atoms with Crippen LogP contribution in [0.15, 0.2) is 41.4 Å². The summed E-state index contributed by atoms with van der Waals surface area (Å²) < 4.78 is 0. The van der Waals surface area contributed by atoms with Gasteiger partial charge in [-0.15, -0.1) is 0 Å². The molecule has 1 N–H and O–H groups in total. The zero-order valence-corrected chi connectivity index (χ0v) is 15.6. The van der Waals surface area contributed by atoms with E-state index in [0.717, 1.165) is 11.3 Å². The van der Waals surface area contributed by atoms with Gasteiger partial charge in [0.15, 0.2) is 5.17 Å². The molecule has 1 fully saturated rings. The maximum absolute atomic E-state index is 12.2. The van der Waals surface area contributed by atoms with E-state index in [2.05, 4.69) is 17.2 Å². The molecule has 1 amide bonds. The Balaban J connectivity index is 1.77. The lowest BCUT2D eigenvalue weighted by atomic mass is 10.1. The molecule has 1 heterocycles. The van der Waals surface area contributed by atoms with Crippen LogP contribution in [0, 0.1) is 13.8 Å². The first-order chi connectivity index (χ1) is 11.4. The van der Waals surface area contributed by atoms with E-state index >= 15 is 0 Å². The zero-order valence-electron chi connectivity index (χ0n) is 13.3. The van der Waals surface area contributed by atoms with Crippen molar-refractivity contribution in [2.24, 2.45) is 4.99 Å². The van der Waals surface area contributed by atoms with Crippen LogP contribution >= 0.6 is 35.0 Å². The topological polar surface area (TPSA) is 41.5 Å². The first kappa shape index (κ1) is 17.3. The monoisotopic (exact) mass is 378 g/mol. The predicted molar refractivity (Wildman–Crippen MR) is 103 cm³/mol. The minimum atomic E-state index is -0.258. The highest BCUT2D eigenvalue weighted by Crippen LogP contribution is 2.31.